The van der Waals surface area contributed by atoms with Crippen molar-refractivity contribution in [2.75, 3.05) is 38.6 Å². The molecule has 2 aromatic carbocycles. The normalized spacial score (nSPS) is 15.0. The Morgan fingerprint density at radius 2 is 1.84 bits per heavy atom. The lowest BCUT2D eigenvalue weighted by Crippen LogP contribution is -2.49. The fraction of sp³-hybridized carbons (Fsp3) is 0.316. The summed E-state index contributed by atoms with van der Waals surface area (Å²) in [7, 11) is 1.65. The molecule has 0 bridgehead atoms. The molecule has 0 saturated carbocycles. The molecule has 132 valence electrons. The molecule has 1 saturated heterocycles. The summed E-state index contributed by atoms with van der Waals surface area (Å²) in [6.45, 7) is 4.44. The molecule has 1 N–H and O–H groups in total. The van der Waals surface area contributed by atoms with Crippen LogP contribution in [-0.4, -0.2) is 48.2 Å². The van der Waals surface area contributed by atoms with Gasteiger partial charge in [0.25, 0.3) is 0 Å². The number of halogens is 1. The molecule has 25 heavy (non-hydrogen) atoms. The molecule has 1 aliphatic rings. The second-order valence-corrected chi connectivity index (χ2v) is 6.44. The number of nitrogens with one attached hydrogen (secondary N) is 1. The Kier molecular flexibility index (Phi) is 5.83. The first-order valence-electron chi connectivity index (χ1n) is 8.31. The minimum Gasteiger partial charge on any atom is -0.497 e. The van der Waals surface area contributed by atoms with Gasteiger partial charge in [0.2, 0.25) is 0 Å². The Hall–Kier alpha value is -2.18. The highest BCUT2D eigenvalue weighted by atomic mass is 32.1. The van der Waals surface area contributed by atoms with Crippen LogP contribution >= 0.6 is 12.2 Å². The van der Waals surface area contributed by atoms with Crippen LogP contribution < -0.4 is 10.1 Å². The lowest BCUT2D eigenvalue weighted by atomic mass is 10.2. The van der Waals surface area contributed by atoms with Gasteiger partial charge in [0, 0.05) is 44.5 Å². The molecule has 0 unspecified atom stereocenters. The topological polar surface area (TPSA) is 27.7 Å². The van der Waals surface area contributed by atoms with E-state index in [2.05, 4.69) is 15.1 Å². The van der Waals surface area contributed by atoms with Crippen molar-refractivity contribution >= 4 is 23.0 Å². The minimum absolute atomic E-state index is 0.192. The molecule has 1 heterocycles. The van der Waals surface area contributed by atoms with Crippen molar-refractivity contribution in [2.24, 2.45) is 0 Å². The number of ether oxygens (including phenoxy) is 1. The number of hydrogen-bond donors (Lipinski definition) is 1. The van der Waals surface area contributed by atoms with E-state index in [0.29, 0.717) is 0 Å². The molecule has 0 atom stereocenters. The van der Waals surface area contributed by atoms with Gasteiger partial charge < -0.3 is 15.0 Å². The molecule has 0 radical (unpaired) electrons. The third-order valence-corrected chi connectivity index (χ3v) is 4.66. The fourth-order valence-electron chi connectivity index (χ4n) is 2.86. The fourth-order valence-corrected chi connectivity index (χ4v) is 3.16. The first kappa shape index (κ1) is 17.6. The summed E-state index contributed by atoms with van der Waals surface area (Å²) < 4.78 is 18.2. The van der Waals surface area contributed by atoms with Crippen molar-refractivity contribution in [3.8, 4) is 5.75 Å². The molecule has 6 heteroatoms. The predicted molar refractivity (Wildman–Crippen MR) is 102 cm³/mol. The maximum atomic E-state index is 13.0. The zero-order valence-electron chi connectivity index (χ0n) is 14.2. The highest BCUT2D eigenvalue weighted by molar-refractivity contribution is 7.80. The van der Waals surface area contributed by atoms with Crippen LogP contribution in [0.25, 0.3) is 0 Å². The van der Waals surface area contributed by atoms with Crippen molar-refractivity contribution < 1.29 is 9.13 Å². The number of rotatable bonds is 4. The average molecular weight is 359 g/mol. The quantitative estimate of drug-likeness (QED) is 0.845. The summed E-state index contributed by atoms with van der Waals surface area (Å²) in [6.07, 6.45) is 0. The lowest BCUT2D eigenvalue weighted by Gasteiger charge is -2.36. The summed E-state index contributed by atoms with van der Waals surface area (Å²) in [5.41, 5.74) is 2.06. The number of thiocarbonyl (C=S) groups is 1. The lowest BCUT2D eigenvalue weighted by molar-refractivity contribution is 0.177. The third kappa shape index (κ3) is 4.90. The molecule has 0 spiro atoms. The van der Waals surface area contributed by atoms with Crippen molar-refractivity contribution in [1.29, 1.82) is 0 Å². The minimum atomic E-state index is -0.192. The second kappa shape index (κ2) is 8.27. The van der Waals surface area contributed by atoms with E-state index < -0.39 is 0 Å². The summed E-state index contributed by atoms with van der Waals surface area (Å²) in [5.74, 6) is 0.611. The van der Waals surface area contributed by atoms with Crippen molar-refractivity contribution in [3.63, 3.8) is 0 Å². The zero-order valence-corrected chi connectivity index (χ0v) is 15.1. The second-order valence-electron chi connectivity index (χ2n) is 6.05. The van der Waals surface area contributed by atoms with Gasteiger partial charge in [0.05, 0.1) is 7.11 Å². The molecule has 1 fully saturated rings. The van der Waals surface area contributed by atoms with Crippen molar-refractivity contribution in [3.05, 3.63) is 59.9 Å². The highest BCUT2D eigenvalue weighted by Gasteiger charge is 2.19. The van der Waals surface area contributed by atoms with Gasteiger partial charge in [0.1, 0.15) is 11.6 Å². The van der Waals surface area contributed by atoms with Crippen LogP contribution in [0.3, 0.4) is 0 Å². The monoisotopic (exact) mass is 359 g/mol. The highest BCUT2D eigenvalue weighted by Crippen LogP contribution is 2.18. The summed E-state index contributed by atoms with van der Waals surface area (Å²) in [4.78, 5) is 4.54. The van der Waals surface area contributed by atoms with Crippen LogP contribution in [0.15, 0.2) is 48.5 Å². The van der Waals surface area contributed by atoms with Gasteiger partial charge in [-0.2, -0.15) is 0 Å². The maximum Gasteiger partial charge on any atom is 0.173 e. The van der Waals surface area contributed by atoms with Crippen LogP contribution in [0, 0.1) is 5.82 Å². The van der Waals surface area contributed by atoms with E-state index >= 15 is 0 Å². The number of methoxy groups -OCH3 is 1. The molecule has 4 nitrogen and oxygen atoms in total. The first-order valence-corrected chi connectivity index (χ1v) is 8.71. The molecular formula is C19H22FN3OS. The summed E-state index contributed by atoms with van der Waals surface area (Å²) in [6, 6.07) is 14.5. The molecular weight excluding hydrogens is 337 g/mol. The van der Waals surface area contributed by atoms with E-state index in [4.69, 9.17) is 17.0 Å². The van der Waals surface area contributed by atoms with Crippen LogP contribution in [0.1, 0.15) is 5.56 Å². The van der Waals surface area contributed by atoms with Gasteiger partial charge in [0.15, 0.2) is 5.11 Å². The van der Waals surface area contributed by atoms with Gasteiger partial charge in [-0.05, 0) is 42.0 Å². The van der Waals surface area contributed by atoms with Crippen LogP contribution in [0.4, 0.5) is 10.1 Å². The Balaban J connectivity index is 1.49. The Morgan fingerprint density at radius 3 is 2.52 bits per heavy atom. The number of piperazine rings is 1. The molecule has 3 rings (SSSR count). The van der Waals surface area contributed by atoms with Crippen molar-refractivity contribution in [1.82, 2.24) is 9.80 Å². The molecule has 0 aliphatic carbocycles. The van der Waals surface area contributed by atoms with Gasteiger partial charge in [-0.3, -0.25) is 4.90 Å². The standard InChI is InChI=1S/C19H22FN3OS/c1-24-18-4-2-3-17(13-18)21-19(25)23-11-9-22(10-12-23)14-15-5-7-16(20)8-6-15/h2-8,13H,9-12,14H2,1H3,(H,21,25). The number of nitrogens with zero attached hydrogens (tertiary/aromatic N) is 2. The van der Waals surface area contributed by atoms with Gasteiger partial charge in [-0.15, -0.1) is 0 Å². The van der Waals surface area contributed by atoms with Gasteiger partial charge >= 0.3 is 0 Å². The van der Waals surface area contributed by atoms with Gasteiger partial charge in [-0.25, -0.2) is 4.39 Å². The Bertz CT molecular complexity index is 715. The van der Waals surface area contributed by atoms with E-state index in [1.54, 1.807) is 7.11 Å². The van der Waals surface area contributed by atoms with Gasteiger partial charge in [-0.1, -0.05) is 18.2 Å². The van der Waals surface area contributed by atoms with E-state index in [9.17, 15) is 4.39 Å². The molecule has 0 amide bonds. The number of benzene rings is 2. The largest absolute Gasteiger partial charge is 0.497 e. The van der Waals surface area contributed by atoms with Crippen LogP contribution in [0.5, 0.6) is 5.75 Å². The SMILES string of the molecule is COc1cccc(NC(=S)N2CCN(Cc3ccc(F)cc3)CC2)c1. The molecule has 2 aromatic rings. The third-order valence-electron chi connectivity index (χ3n) is 4.30. The van der Waals surface area contributed by atoms with E-state index in [0.717, 1.165) is 54.8 Å². The van der Waals surface area contributed by atoms with Crippen molar-refractivity contribution in [2.45, 2.75) is 6.54 Å². The average Bonchev–Trinajstić information content (AvgIpc) is 2.64. The van der Waals surface area contributed by atoms with Crippen LogP contribution in [0.2, 0.25) is 0 Å². The predicted octanol–water partition coefficient (Wildman–Crippen LogP) is 3.35. The zero-order chi connectivity index (χ0) is 17.6. The Morgan fingerprint density at radius 1 is 1.12 bits per heavy atom. The first-order chi connectivity index (χ1) is 12.1. The summed E-state index contributed by atoms with van der Waals surface area (Å²) >= 11 is 5.53. The molecule has 1 aliphatic heterocycles. The summed E-state index contributed by atoms with van der Waals surface area (Å²) in [5, 5.41) is 4.01. The molecule has 0 aromatic heterocycles. The Labute approximate surface area is 153 Å². The smallest absolute Gasteiger partial charge is 0.173 e. The van der Waals surface area contributed by atoms with E-state index in [1.807, 2.05) is 36.4 Å². The van der Waals surface area contributed by atoms with Crippen LogP contribution in [-0.2, 0) is 6.54 Å². The maximum absolute atomic E-state index is 13.0. The number of anilines is 1. The van der Waals surface area contributed by atoms with E-state index in [1.165, 1.54) is 12.1 Å². The number of hydrogen-bond acceptors (Lipinski definition) is 3. The van der Waals surface area contributed by atoms with E-state index in [-0.39, 0.29) is 5.82 Å².